The first-order valence-electron chi connectivity index (χ1n) is 9.27. The second-order valence-corrected chi connectivity index (χ2v) is 7.12. The highest BCUT2D eigenvalue weighted by atomic mass is 15.2. The third-order valence-corrected chi connectivity index (χ3v) is 4.70. The Morgan fingerprint density at radius 3 is 2.28 bits per heavy atom. The van der Waals surface area contributed by atoms with Crippen LogP contribution in [0, 0.1) is 6.92 Å². The van der Waals surface area contributed by atoms with Crippen molar-refractivity contribution in [1.29, 1.82) is 0 Å². The molecule has 0 radical (unpaired) electrons. The summed E-state index contributed by atoms with van der Waals surface area (Å²) in [6.07, 6.45) is 7.73. The minimum Gasteiger partial charge on any atom is -0.378 e. The fourth-order valence-electron chi connectivity index (χ4n) is 3.29. The molecule has 1 aliphatic carbocycles. The lowest BCUT2D eigenvalue weighted by Gasteiger charge is -2.17. The predicted octanol–water partition coefficient (Wildman–Crippen LogP) is 4.73. The van der Waals surface area contributed by atoms with Crippen LogP contribution in [0.5, 0.6) is 0 Å². The lowest BCUT2D eigenvalue weighted by atomic mass is 10.1. The number of benzene rings is 1. The van der Waals surface area contributed by atoms with Crippen molar-refractivity contribution in [3.05, 3.63) is 36.0 Å². The van der Waals surface area contributed by atoms with Gasteiger partial charge in [0.15, 0.2) is 0 Å². The van der Waals surface area contributed by atoms with Gasteiger partial charge in [0.05, 0.1) is 0 Å². The van der Waals surface area contributed by atoms with Gasteiger partial charge in [-0.2, -0.15) is 4.98 Å². The number of aromatic nitrogens is 2. The molecule has 1 saturated carbocycles. The SMILES string of the molecule is Cc1cc(Nc2ccc(N(C)C)cc2)nc(NC2CCCCCC2)n1. The van der Waals surface area contributed by atoms with Crippen LogP contribution in [0.4, 0.5) is 23.1 Å². The molecule has 3 rings (SSSR count). The van der Waals surface area contributed by atoms with Crippen LogP contribution in [-0.4, -0.2) is 30.1 Å². The molecular formula is C20H29N5. The Bertz CT molecular complexity index is 673. The Morgan fingerprint density at radius 2 is 1.64 bits per heavy atom. The van der Waals surface area contributed by atoms with E-state index in [0.717, 1.165) is 23.1 Å². The van der Waals surface area contributed by atoms with Crippen molar-refractivity contribution in [2.24, 2.45) is 0 Å². The van der Waals surface area contributed by atoms with Crippen LogP contribution in [-0.2, 0) is 0 Å². The van der Waals surface area contributed by atoms with Crippen molar-refractivity contribution >= 4 is 23.1 Å². The van der Waals surface area contributed by atoms with Crippen molar-refractivity contribution in [3.63, 3.8) is 0 Å². The molecule has 5 nitrogen and oxygen atoms in total. The van der Waals surface area contributed by atoms with Gasteiger partial charge >= 0.3 is 0 Å². The summed E-state index contributed by atoms with van der Waals surface area (Å²) in [5.41, 5.74) is 3.18. The summed E-state index contributed by atoms with van der Waals surface area (Å²) in [4.78, 5) is 11.3. The van der Waals surface area contributed by atoms with Crippen LogP contribution in [0.1, 0.15) is 44.2 Å². The average molecular weight is 339 g/mol. The van der Waals surface area contributed by atoms with E-state index >= 15 is 0 Å². The van der Waals surface area contributed by atoms with Crippen LogP contribution < -0.4 is 15.5 Å². The molecule has 0 amide bonds. The molecule has 2 N–H and O–H groups in total. The number of nitrogens with one attached hydrogen (secondary N) is 2. The fraction of sp³-hybridized carbons (Fsp3) is 0.500. The molecule has 0 unspecified atom stereocenters. The van der Waals surface area contributed by atoms with Crippen LogP contribution in [0.15, 0.2) is 30.3 Å². The number of rotatable bonds is 5. The standard InChI is InChI=1S/C20H29N5/c1-15-14-19(22-17-10-12-18(13-11-17)25(2)3)24-20(21-15)23-16-8-6-4-5-7-9-16/h10-14,16H,4-9H2,1-3H3,(H2,21,22,23,24). The second-order valence-electron chi connectivity index (χ2n) is 7.12. The third-order valence-electron chi connectivity index (χ3n) is 4.70. The fourth-order valence-corrected chi connectivity index (χ4v) is 3.29. The van der Waals surface area contributed by atoms with E-state index in [-0.39, 0.29) is 0 Å². The number of nitrogens with zero attached hydrogens (tertiary/aromatic N) is 3. The van der Waals surface area contributed by atoms with E-state index < -0.39 is 0 Å². The molecule has 1 fully saturated rings. The highest BCUT2D eigenvalue weighted by molar-refractivity contribution is 5.61. The van der Waals surface area contributed by atoms with Gasteiger partial charge in [-0.3, -0.25) is 0 Å². The Morgan fingerprint density at radius 1 is 0.960 bits per heavy atom. The maximum Gasteiger partial charge on any atom is 0.225 e. The van der Waals surface area contributed by atoms with E-state index in [2.05, 4.69) is 49.8 Å². The van der Waals surface area contributed by atoms with E-state index in [1.807, 2.05) is 27.1 Å². The molecular weight excluding hydrogens is 310 g/mol. The predicted molar refractivity (Wildman–Crippen MR) is 106 cm³/mol. The minimum absolute atomic E-state index is 0.497. The molecule has 1 aliphatic rings. The average Bonchev–Trinajstić information content (AvgIpc) is 2.83. The van der Waals surface area contributed by atoms with Gasteiger partial charge in [-0.25, -0.2) is 4.98 Å². The summed E-state index contributed by atoms with van der Waals surface area (Å²) in [7, 11) is 4.09. The molecule has 134 valence electrons. The van der Waals surface area contributed by atoms with Crippen molar-refractivity contribution < 1.29 is 0 Å². The largest absolute Gasteiger partial charge is 0.378 e. The number of anilines is 4. The molecule has 0 atom stereocenters. The van der Waals surface area contributed by atoms with E-state index in [1.54, 1.807) is 0 Å². The van der Waals surface area contributed by atoms with E-state index in [9.17, 15) is 0 Å². The van der Waals surface area contributed by atoms with Gasteiger partial charge in [0.2, 0.25) is 5.95 Å². The number of hydrogen-bond acceptors (Lipinski definition) is 5. The maximum atomic E-state index is 4.67. The van der Waals surface area contributed by atoms with Gasteiger partial charge < -0.3 is 15.5 Å². The second kappa shape index (κ2) is 8.19. The van der Waals surface area contributed by atoms with Gasteiger partial charge in [0, 0.05) is 43.3 Å². The summed E-state index contributed by atoms with van der Waals surface area (Å²) >= 11 is 0. The first-order chi connectivity index (χ1) is 12.1. The summed E-state index contributed by atoms with van der Waals surface area (Å²) in [6, 6.07) is 10.8. The summed E-state index contributed by atoms with van der Waals surface area (Å²) < 4.78 is 0. The molecule has 0 bridgehead atoms. The summed E-state index contributed by atoms with van der Waals surface area (Å²) in [5, 5.41) is 6.93. The minimum atomic E-state index is 0.497. The molecule has 0 saturated heterocycles. The van der Waals surface area contributed by atoms with Gasteiger partial charge in [-0.15, -0.1) is 0 Å². The van der Waals surface area contributed by atoms with E-state index in [0.29, 0.717) is 6.04 Å². The highest BCUT2D eigenvalue weighted by Crippen LogP contribution is 2.22. The van der Waals surface area contributed by atoms with Crippen LogP contribution in [0.3, 0.4) is 0 Å². The van der Waals surface area contributed by atoms with Crippen LogP contribution >= 0.6 is 0 Å². The van der Waals surface area contributed by atoms with E-state index in [1.165, 1.54) is 44.2 Å². The van der Waals surface area contributed by atoms with Gasteiger partial charge in [-0.1, -0.05) is 25.7 Å². The van der Waals surface area contributed by atoms with Crippen molar-refractivity contribution in [1.82, 2.24) is 9.97 Å². The Kier molecular flexibility index (Phi) is 5.74. The molecule has 25 heavy (non-hydrogen) atoms. The molecule has 0 aliphatic heterocycles. The third kappa shape index (κ3) is 5.08. The first-order valence-corrected chi connectivity index (χ1v) is 9.27. The molecule has 1 aromatic heterocycles. The zero-order valence-corrected chi connectivity index (χ0v) is 15.5. The monoisotopic (exact) mass is 339 g/mol. The van der Waals surface area contributed by atoms with E-state index in [4.69, 9.17) is 0 Å². The Labute approximate surface area is 150 Å². The Balaban J connectivity index is 1.70. The van der Waals surface area contributed by atoms with Crippen molar-refractivity contribution in [2.75, 3.05) is 29.6 Å². The normalized spacial score (nSPS) is 15.5. The van der Waals surface area contributed by atoms with Gasteiger partial charge in [0.1, 0.15) is 5.82 Å². The van der Waals surface area contributed by atoms with Gasteiger partial charge in [-0.05, 0) is 44.0 Å². The van der Waals surface area contributed by atoms with Gasteiger partial charge in [0.25, 0.3) is 0 Å². The zero-order valence-electron chi connectivity index (χ0n) is 15.5. The number of aryl methyl sites for hydroxylation is 1. The highest BCUT2D eigenvalue weighted by Gasteiger charge is 2.13. The lowest BCUT2D eigenvalue weighted by Crippen LogP contribution is -2.20. The molecule has 1 heterocycles. The van der Waals surface area contributed by atoms with Crippen LogP contribution in [0.2, 0.25) is 0 Å². The number of hydrogen-bond donors (Lipinski definition) is 2. The molecule has 1 aromatic carbocycles. The first kappa shape index (κ1) is 17.5. The Hall–Kier alpha value is -2.30. The summed E-state index contributed by atoms with van der Waals surface area (Å²) in [5.74, 6) is 1.57. The summed E-state index contributed by atoms with van der Waals surface area (Å²) in [6.45, 7) is 2.01. The lowest BCUT2D eigenvalue weighted by molar-refractivity contribution is 0.614. The van der Waals surface area contributed by atoms with Crippen molar-refractivity contribution in [2.45, 2.75) is 51.5 Å². The quantitative estimate of drug-likeness (QED) is 0.771. The molecule has 5 heteroatoms. The molecule has 0 spiro atoms. The smallest absolute Gasteiger partial charge is 0.225 e. The topological polar surface area (TPSA) is 53.1 Å². The van der Waals surface area contributed by atoms with Crippen molar-refractivity contribution in [3.8, 4) is 0 Å². The van der Waals surface area contributed by atoms with Crippen LogP contribution in [0.25, 0.3) is 0 Å². The zero-order chi connectivity index (χ0) is 17.6. The molecule has 2 aromatic rings. The maximum absolute atomic E-state index is 4.67.